The van der Waals surface area contributed by atoms with E-state index in [0.29, 0.717) is 16.2 Å². The van der Waals surface area contributed by atoms with E-state index >= 15 is 0 Å². The lowest BCUT2D eigenvalue weighted by atomic mass is 10.1. The van der Waals surface area contributed by atoms with Crippen molar-refractivity contribution in [3.63, 3.8) is 0 Å². The maximum Gasteiger partial charge on any atom is 0.306 e. The molecule has 0 N–H and O–H groups in total. The lowest BCUT2D eigenvalue weighted by Gasteiger charge is -2.03. The van der Waals surface area contributed by atoms with E-state index in [4.69, 9.17) is 20.8 Å². The third kappa shape index (κ3) is 4.37. The van der Waals surface area contributed by atoms with Gasteiger partial charge in [-0.3, -0.25) is 14.4 Å². The van der Waals surface area contributed by atoms with Gasteiger partial charge in [0, 0.05) is 22.4 Å². The monoisotopic (exact) mass is 370 g/mol. The lowest BCUT2D eigenvalue weighted by molar-refractivity contribution is -0.142. The Hall–Kier alpha value is -2.92. The van der Waals surface area contributed by atoms with Gasteiger partial charge in [-0.2, -0.15) is 0 Å². The van der Waals surface area contributed by atoms with E-state index in [2.05, 4.69) is 0 Å². The molecule has 26 heavy (non-hydrogen) atoms. The summed E-state index contributed by atoms with van der Waals surface area (Å²) in [6, 6.07) is 15.2. The summed E-state index contributed by atoms with van der Waals surface area (Å²) in [5.41, 5.74) is 1.07. The molecule has 0 unspecified atom stereocenters. The van der Waals surface area contributed by atoms with Gasteiger partial charge in [0.05, 0.1) is 6.42 Å². The molecular weight excluding hydrogens is 356 g/mol. The highest BCUT2D eigenvalue weighted by atomic mass is 35.5. The molecule has 3 rings (SSSR count). The van der Waals surface area contributed by atoms with Crippen LogP contribution in [-0.2, 0) is 9.53 Å². The van der Waals surface area contributed by atoms with Gasteiger partial charge < -0.3 is 9.15 Å². The topological polar surface area (TPSA) is 73.6 Å². The molecule has 0 aliphatic rings. The molecule has 2 aromatic carbocycles. The molecule has 3 aromatic rings. The summed E-state index contributed by atoms with van der Waals surface area (Å²) in [5.74, 6) is -1.10. The number of furan rings is 1. The molecule has 0 saturated heterocycles. The Morgan fingerprint density at radius 1 is 0.923 bits per heavy atom. The zero-order valence-electron chi connectivity index (χ0n) is 13.7. The summed E-state index contributed by atoms with van der Waals surface area (Å²) in [7, 11) is 0. The largest absolute Gasteiger partial charge is 0.457 e. The quantitative estimate of drug-likeness (QED) is 0.453. The molecule has 1 heterocycles. The van der Waals surface area contributed by atoms with Crippen molar-refractivity contribution in [1.82, 2.24) is 0 Å². The minimum absolute atomic E-state index is 0.000701. The number of ether oxygens (including phenoxy) is 1. The van der Waals surface area contributed by atoms with Gasteiger partial charge in [0.2, 0.25) is 5.78 Å². The molecule has 0 aliphatic heterocycles. The van der Waals surface area contributed by atoms with E-state index in [1.54, 1.807) is 42.5 Å². The summed E-state index contributed by atoms with van der Waals surface area (Å²) in [6.45, 7) is -0.423. The van der Waals surface area contributed by atoms with Crippen LogP contribution in [0.25, 0.3) is 11.0 Å². The van der Waals surface area contributed by atoms with Gasteiger partial charge in [-0.1, -0.05) is 29.8 Å². The zero-order valence-corrected chi connectivity index (χ0v) is 14.5. The van der Waals surface area contributed by atoms with Crippen molar-refractivity contribution in [1.29, 1.82) is 0 Å². The summed E-state index contributed by atoms with van der Waals surface area (Å²) >= 11 is 5.77. The van der Waals surface area contributed by atoms with Crippen LogP contribution >= 0.6 is 11.6 Å². The Kier molecular flexibility index (Phi) is 5.49. The number of hydrogen-bond acceptors (Lipinski definition) is 5. The SMILES string of the molecule is O=C(CCC(=O)c1ccc(Cl)cc1)OCC(=O)c1cc2ccccc2o1. The van der Waals surface area contributed by atoms with E-state index in [-0.39, 0.29) is 24.4 Å². The second-order valence-electron chi connectivity index (χ2n) is 5.66. The number of rotatable bonds is 7. The Morgan fingerprint density at radius 3 is 2.38 bits per heavy atom. The third-order valence-corrected chi connectivity index (χ3v) is 4.04. The molecule has 0 amide bonds. The van der Waals surface area contributed by atoms with E-state index in [0.717, 1.165) is 5.39 Å². The van der Waals surface area contributed by atoms with E-state index in [9.17, 15) is 14.4 Å². The Labute approximate surface area is 154 Å². The number of para-hydroxylation sites is 1. The normalized spacial score (nSPS) is 10.7. The number of benzene rings is 2. The van der Waals surface area contributed by atoms with Crippen molar-refractivity contribution >= 4 is 40.1 Å². The molecule has 5 nitrogen and oxygen atoms in total. The standard InChI is InChI=1S/C20H15ClO5/c21-15-7-5-13(6-8-15)16(22)9-10-20(24)25-12-17(23)19-11-14-3-1-2-4-18(14)26-19/h1-8,11H,9-10,12H2. The average molecular weight is 371 g/mol. The van der Waals surface area contributed by atoms with E-state index in [1.165, 1.54) is 0 Å². The number of fused-ring (bicyclic) bond motifs is 1. The predicted molar refractivity (Wildman–Crippen MR) is 96.5 cm³/mol. The second-order valence-corrected chi connectivity index (χ2v) is 6.10. The molecular formula is C20H15ClO5. The maximum atomic E-state index is 12.1. The first-order valence-corrected chi connectivity index (χ1v) is 8.37. The molecule has 6 heteroatoms. The molecule has 0 atom stereocenters. The summed E-state index contributed by atoms with van der Waals surface area (Å²) in [6.07, 6.45) is -0.103. The second kappa shape index (κ2) is 7.97. The van der Waals surface area contributed by atoms with Gasteiger partial charge in [-0.15, -0.1) is 0 Å². The van der Waals surface area contributed by atoms with Crippen LogP contribution in [0.1, 0.15) is 33.8 Å². The highest BCUT2D eigenvalue weighted by Gasteiger charge is 2.16. The maximum absolute atomic E-state index is 12.1. The third-order valence-electron chi connectivity index (χ3n) is 3.79. The van der Waals surface area contributed by atoms with Crippen molar-refractivity contribution in [2.24, 2.45) is 0 Å². The fourth-order valence-corrected chi connectivity index (χ4v) is 2.53. The lowest BCUT2D eigenvalue weighted by Crippen LogP contribution is -2.14. The summed E-state index contributed by atoms with van der Waals surface area (Å²) in [5, 5.41) is 1.33. The number of Topliss-reactive ketones (excluding diaryl/α,β-unsaturated/α-hetero) is 2. The number of esters is 1. The molecule has 132 valence electrons. The van der Waals surface area contributed by atoms with Gasteiger partial charge in [0.25, 0.3) is 0 Å². The Bertz CT molecular complexity index is 923. The van der Waals surface area contributed by atoms with E-state index < -0.39 is 18.4 Å². The van der Waals surface area contributed by atoms with Crippen LogP contribution in [0.4, 0.5) is 0 Å². The average Bonchev–Trinajstić information content (AvgIpc) is 3.09. The van der Waals surface area contributed by atoms with Crippen molar-refractivity contribution in [3.05, 3.63) is 70.9 Å². The van der Waals surface area contributed by atoms with Crippen molar-refractivity contribution in [2.45, 2.75) is 12.8 Å². The van der Waals surface area contributed by atoms with Crippen molar-refractivity contribution in [2.75, 3.05) is 6.61 Å². The van der Waals surface area contributed by atoms with Crippen molar-refractivity contribution < 1.29 is 23.5 Å². The highest BCUT2D eigenvalue weighted by molar-refractivity contribution is 6.30. The summed E-state index contributed by atoms with van der Waals surface area (Å²) in [4.78, 5) is 35.8. The predicted octanol–water partition coefficient (Wildman–Crippen LogP) is 4.48. The van der Waals surface area contributed by atoms with Crippen LogP contribution < -0.4 is 0 Å². The van der Waals surface area contributed by atoms with Crippen LogP contribution in [0.15, 0.2) is 59.0 Å². The number of carbonyl (C=O) groups excluding carboxylic acids is 3. The van der Waals surface area contributed by atoms with Crippen LogP contribution in [0.3, 0.4) is 0 Å². The first-order valence-electron chi connectivity index (χ1n) is 7.99. The smallest absolute Gasteiger partial charge is 0.306 e. The fraction of sp³-hybridized carbons (Fsp3) is 0.150. The molecule has 0 fully saturated rings. The number of carbonyl (C=O) groups is 3. The fourth-order valence-electron chi connectivity index (χ4n) is 2.40. The number of hydrogen-bond donors (Lipinski definition) is 0. The van der Waals surface area contributed by atoms with Crippen LogP contribution in [-0.4, -0.2) is 24.1 Å². The van der Waals surface area contributed by atoms with Gasteiger partial charge in [0.1, 0.15) is 5.58 Å². The first-order chi connectivity index (χ1) is 12.5. The molecule has 0 bridgehead atoms. The van der Waals surface area contributed by atoms with Gasteiger partial charge in [0.15, 0.2) is 18.2 Å². The minimum atomic E-state index is -0.614. The number of halogens is 1. The van der Waals surface area contributed by atoms with Gasteiger partial charge >= 0.3 is 5.97 Å². The molecule has 0 saturated carbocycles. The number of ketones is 2. The van der Waals surface area contributed by atoms with Gasteiger partial charge in [-0.25, -0.2) is 0 Å². The zero-order chi connectivity index (χ0) is 18.5. The van der Waals surface area contributed by atoms with Crippen LogP contribution in [0.5, 0.6) is 0 Å². The Morgan fingerprint density at radius 2 is 1.65 bits per heavy atom. The molecule has 0 radical (unpaired) electrons. The molecule has 1 aromatic heterocycles. The van der Waals surface area contributed by atoms with Gasteiger partial charge in [-0.05, 0) is 36.4 Å². The molecule has 0 spiro atoms. The Balaban J connectivity index is 1.48. The molecule has 0 aliphatic carbocycles. The van der Waals surface area contributed by atoms with Crippen LogP contribution in [0, 0.1) is 0 Å². The van der Waals surface area contributed by atoms with Crippen molar-refractivity contribution in [3.8, 4) is 0 Å². The first kappa shape index (κ1) is 17.9. The van der Waals surface area contributed by atoms with E-state index in [1.807, 2.05) is 12.1 Å². The highest BCUT2D eigenvalue weighted by Crippen LogP contribution is 2.19. The van der Waals surface area contributed by atoms with Crippen LogP contribution in [0.2, 0.25) is 5.02 Å². The summed E-state index contributed by atoms with van der Waals surface area (Å²) < 4.78 is 10.4. The minimum Gasteiger partial charge on any atom is -0.457 e.